The summed E-state index contributed by atoms with van der Waals surface area (Å²) in [6.45, 7) is 2.52. The Balaban J connectivity index is 1.81. The minimum Gasteiger partial charge on any atom is -0.380 e. The molecule has 0 atom stereocenters. The van der Waals surface area contributed by atoms with E-state index in [1.54, 1.807) is 23.1 Å². The zero-order valence-electron chi connectivity index (χ0n) is 11.4. The van der Waals surface area contributed by atoms with Crippen LogP contribution in [0.25, 0.3) is 10.6 Å². The van der Waals surface area contributed by atoms with Gasteiger partial charge in [-0.3, -0.25) is 4.79 Å². The molecule has 3 rings (SSSR count). The van der Waals surface area contributed by atoms with Crippen molar-refractivity contribution in [1.82, 2.24) is 9.88 Å². The van der Waals surface area contributed by atoms with Gasteiger partial charge in [-0.2, -0.15) is 0 Å². The van der Waals surface area contributed by atoms with Crippen molar-refractivity contribution in [2.45, 2.75) is 6.42 Å². The Bertz CT molecular complexity index is 636. The molecular formula is C15H15FN2O2S. The Labute approximate surface area is 126 Å². The number of hydrogen-bond donors (Lipinski definition) is 0. The number of benzene rings is 1. The van der Waals surface area contributed by atoms with Crippen LogP contribution in [-0.4, -0.2) is 42.1 Å². The summed E-state index contributed by atoms with van der Waals surface area (Å²) in [6, 6.07) is 6.45. The van der Waals surface area contributed by atoms with Crippen LogP contribution >= 0.6 is 11.3 Å². The third-order valence-electron chi connectivity index (χ3n) is 3.33. The number of halogens is 1. The molecule has 1 aromatic heterocycles. The number of rotatable bonds is 2. The van der Waals surface area contributed by atoms with E-state index >= 15 is 0 Å². The molecular weight excluding hydrogens is 291 g/mol. The highest BCUT2D eigenvalue weighted by Gasteiger charge is 2.20. The molecule has 2 aromatic rings. The largest absolute Gasteiger partial charge is 0.380 e. The van der Waals surface area contributed by atoms with E-state index in [2.05, 4.69) is 4.98 Å². The summed E-state index contributed by atoms with van der Waals surface area (Å²) < 4.78 is 19.1. The number of amides is 1. The van der Waals surface area contributed by atoms with Crippen molar-refractivity contribution in [1.29, 1.82) is 0 Å². The first-order valence-electron chi connectivity index (χ1n) is 6.83. The van der Waals surface area contributed by atoms with E-state index in [0.717, 1.165) is 6.42 Å². The van der Waals surface area contributed by atoms with E-state index in [9.17, 15) is 9.18 Å². The van der Waals surface area contributed by atoms with Crippen molar-refractivity contribution in [2.75, 3.05) is 26.3 Å². The number of aromatic nitrogens is 1. The molecule has 110 valence electrons. The Morgan fingerprint density at radius 3 is 3.00 bits per heavy atom. The summed E-state index contributed by atoms with van der Waals surface area (Å²) in [7, 11) is 0. The standard InChI is InChI=1S/C15H15FN2O2S/c16-12-5-2-1-4-11(12)14-17-10-13(21-14)15(19)18-6-3-8-20-9-7-18/h1-2,4-5,10H,3,6-9H2. The summed E-state index contributed by atoms with van der Waals surface area (Å²) in [6.07, 6.45) is 2.37. The summed E-state index contributed by atoms with van der Waals surface area (Å²) >= 11 is 1.23. The lowest BCUT2D eigenvalue weighted by Crippen LogP contribution is -2.32. The van der Waals surface area contributed by atoms with E-state index < -0.39 is 0 Å². The number of hydrogen-bond acceptors (Lipinski definition) is 4. The third-order valence-corrected chi connectivity index (χ3v) is 4.35. The quantitative estimate of drug-likeness (QED) is 0.857. The molecule has 0 radical (unpaired) electrons. The topological polar surface area (TPSA) is 42.4 Å². The second-order valence-corrected chi connectivity index (χ2v) is 5.80. The van der Waals surface area contributed by atoms with Crippen LogP contribution in [0.1, 0.15) is 16.1 Å². The second-order valence-electron chi connectivity index (χ2n) is 4.77. The van der Waals surface area contributed by atoms with Gasteiger partial charge in [0, 0.05) is 25.3 Å². The molecule has 0 spiro atoms. The number of nitrogens with zero attached hydrogens (tertiary/aromatic N) is 2. The minimum atomic E-state index is -0.325. The van der Waals surface area contributed by atoms with Gasteiger partial charge in [0.1, 0.15) is 15.7 Å². The van der Waals surface area contributed by atoms with E-state index in [0.29, 0.717) is 41.8 Å². The Hall–Kier alpha value is -1.79. The summed E-state index contributed by atoms with van der Waals surface area (Å²) in [5.74, 6) is -0.380. The highest BCUT2D eigenvalue weighted by atomic mass is 32.1. The van der Waals surface area contributed by atoms with Gasteiger partial charge in [0.15, 0.2) is 0 Å². The normalized spacial score (nSPS) is 15.8. The molecule has 0 N–H and O–H groups in total. The molecule has 0 bridgehead atoms. The fourth-order valence-corrected chi connectivity index (χ4v) is 3.15. The van der Waals surface area contributed by atoms with Crippen LogP contribution in [0.4, 0.5) is 4.39 Å². The molecule has 0 saturated carbocycles. The summed E-state index contributed by atoms with van der Waals surface area (Å²) in [4.78, 5) is 18.9. The van der Waals surface area contributed by atoms with Gasteiger partial charge < -0.3 is 9.64 Å². The van der Waals surface area contributed by atoms with E-state index in [-0.39, 0.29) is 11.7 Å². The average Bonchev–Trinajstić information content (AvgIpc) is 2.82. The smallest absolute Gasteiger partial charge is 0.265 e. The van der Waals surface area contributed by atoms with Gasteiger partial charge in [-0.15, -0.1) is 11.3 Å². The lowest BCUT2D eigenvalue weighted by molar-refractivity contribution is 0.0746. The maximum atomic E-state index is 13.7. The fourth-order valence-electron chi connectivity index (χ4n) is 2.24. The predicted molar refractivity (Wildman–Crippen MR) is 78.8 cm³/mol. The van der Waals surface area contributed by atoms with Crippen LogP contribution in [-0.2, 0) is 4.74 Å². The number of thiazole rings is 1. The molecule has 1 amide bonds. The first-order valence-corrected chi connectivity index (χ1v) is 7.65. The third kappa shape index (κ3) is 3.11. The molecule has 1 fully saturated rings. The maximum Gasteiger partial charge on any atom is 0.265 e. The van der Waals surface area contributed by atoms with Crippen LogP contribution < -0.4 is 0 Å². The molecule has 1 aliphatic heterocycles. The first kappa shape index (κ1) is 14.2. The van der Waals surface area contributed by atoms with Crippen molar-refractivity contribution in [3.8, 4) is 10.6 Å². The van der Waals surface area contributed by atoms with Gasteiger partial charge in [-0.1, -0.05) is 12.1 Å². The predicted octanol–water partition coefficient (Wildman–Crippen LogP) is 2.81. The van der Waals surface area contributed by atoms with Crippen LogP contribution in [0.3, 0.4) is 0 Å². The maximum absolute atomic E-state index is 13.7. The van der Waals surface area contributed by atoms with Crippen LogP contribution in [0.5, 0.6) is 0 Å². The van der Waals surface area contributed by atoms with Gasteiger partial charge in [-0.05, 0) is 18.6 Å². The molecule has 4 nitrogen and oxygen atoms in total. The van der Waals surface area contributed by atoms with Gasteiger partial charge in [0.25, 0.3) is 5.91 Å². The number of carbonyl (C=O) groups is 1. The van der Waals surface area contributed by atoms with E-state index in [1.165, 1.54) is 23.6 Å². The summed E-state index contributed by atoms with van der Waals surface area (Å²) in [5, 5.41) is 0.530. The Morgan fingerprint density at radius 2 is 2.14 bits per heavy atom. The van der Waals surface area contributed by atoms with Gasteiger partial charge in [0.2, 0.25) is 0 Å². The van der Waals surface area contributed by atoms with Crippen molar-refractivity contribution in [3.05, 3.63) is 41.2 Å². The zero-order chi connectivity index (χ0) is 14.7. The molecule has 0 unspecified atom stereocenters. The molecule has 2 heterocycles. The second kappa shape index (κ2) is 6.32. The number of carbonyl (C=O) groups excluding carboxylic acids is 1. The van der Waals surface area contributed by atoms with Gasteiger partial charge in [0.05, 0.1) is 12.8 Å². The van der Waals surface area contributed by atoms with Crippen molar-refractivity contribution >= 4 is 17.2 Å². The van der Waals surface area contributed by atoms with Gasteiger partial charge in [-0.25, -0.2) is 9.37 Å². The lowest BCUT2D eigenvalue weighted by atomic mass is 10.2. The van der Waals surface area contributed by atoms with Crippen molar-refractivity contribution in [2.24, 2.45) is 0 Å². The van der Waals surface area contributed by atoms with Crippen LogP contribution in [0.15, 0.2) is 30.5 Å². The zero-order valence-corrected chi connectivity index (χ0v) is 12.2. The summed E-state index contributed by atoms with van der Waals surface area (Å²) in [5.41, 5.74) is 0.431. The van der Waals surface area contributed by atoms with Crippen molar-refractivity contribution in [3.63, 3.8) is 0 Å². The minimum absolute atomic E-state index is 0.0550. The van der Waals surface area contributed by atoms with E-state index in [1.807, 2.05) is 0 Å². The Kier molecular flexibility index (Phi) is 4.26. The van der Waals surface area contributed by atoms with Crippen LogP contribution in [0, 0.1) is 5.82 Å². The first-order chi connectivity index (χ1) is 10.3. The molecule has 1 saturated heterocycles. The highest BCUT2D eigenvalue weighted by Crippen LogP contribution is 2.28. The van der Waals surface area contributed by atoms with E-state index in [4.69, 9.17) is 4.74 Å². The molecule has 21 heavy (non-hydrogen) atoms. The van der Waals surface area contributed by atoms with Gasteiger partial charge >= 0.3 is 0 Å². The van der Waals surface area contributed by atoms with Crippen molar-refractivity contribution < 1.29 is 13.9 Å². The average molecular weight is 306 g/mol. The lowest BCUT2D eigenvalue weighted by Gasteiger charge is -2.18. The number of ether oxygens (including phenoxy) is 1. The Morgan fingerprint density at radius 1 is 1.29 bits per heavy atom. The molecule has 1 aliphatic rings. The molecule has 6 heteroatoms. The molecule has 1 aromatic carbocycles. The fraction of sp³-hybridized carbons (Fsp3) is 0.333. The SMILES string of the molecule is O=C(c1cnc(-c2ccccc2F)s1)N1CCCOCC1. The monoisotopic (exact) mass is 306 g/mol. The highest BCUT2D eigenvalue weighted by molar-refractivity contribution is 7.16. The molecule has 0 aliphatic carbocycles. The van der Waals surface area contributed by atoms with Crippen LogP contribution in [0.2, 0.25) is 0 Å².